The largest absolute Gasteiger partial charge is 0.369 e. The van der Waals surface area contributed by atoms with Crippen molar-refractivity contribution in [3.8, 4) is 0 Å². The third-order valence-electron chi connectivity index (χ3n) is 7.06. The van der Waals surface area contributed by atoms with E-state index >= 15 is 0 Å². The molecule has 34 heavy (non-hydrogen) atoms. The van der Waals surface area contributed by atoms with Crippen LogP contribution in [0.4, 0.5) is 5.69 Å². The Labute approximate surface area is 200 Å². The predicted molar refractivity (Wildman–Crippen MR) is 129 cm³/mol. The lowest BCUT2D eigenvalue weighted by Crippen LogP contribution is -2.54. The summed E-state index contributed by atoms with van der Waals surface area (Å²) in [4.78, 5) is 55.4. The number of carbonyl (C=O) groups is 4. The molecule has 0 radical (unpaired) electrons. The van der Waals surface area contributed by atoms with Crippen LogP contribution in [0.3, 0.4) is 0 Å². The van der Waals surface area contributed by atoms with E-state index in [1.807, 2.05) is 13.1 Å². The van der Waals surface area contributed by atoms with Crippen LogP contribution in [0.25, 0.3) is 0 Å². The number of piperazine rings is 1. The first-order chi connectivity index (χ1) is 16.5. The molecular weight excluding hydrogens is 434 g/mol. The summed E-state index contributed by atoms with van der Waals surface area (Å²) < 4.78 is 0. The van der Waals surface area contributed by atoms with E-state index in [1.54, 1.807) is 12.1 Å². The minimum Gasteiger partial charge on any atom is -0.369 e. The van der Waals surface area contributed by atoms with E-state index in [9.17, 15) is 19.2 Å². The van der Waals surface area contributed by atoms with E-state index in [1.165, 1.54) is 32.1 Å². The molecule has 0 saturated carbocycles. The van der Waals surface area contributed by atoms with Crippen molar-refractivity contribution in [2.24, 2.45) is 0 Å². The van der Waals surface area contributed by atoms with Crippen LogP contribution in [0, 0.1) is 0 Å². The molecule has 4 rings (SSSR count). The quantitative estimate of drug-likeness (QED) is 0.394. The van der Waals surface area contributed by atoms with Gasteiger partial charge >= 0.3 is 0 Å². The average Bonchev–Trinajstić information content (AvgIpc) is 3.08. The molecule has 1 atom stereocenters. The van der Waals surface area contributed by atoms with E-state index in [0.717, 1.165) is 49.9 Å². The number of nitrogens with one attached hydrogen (secondary N) is 2. The maximum Gasteiger partial charge on any atom is 0.262 e. The second kappa shape index (κ2) is 11.1. The van der Waals surface area contributed by atoms with Gasteiger partial charge in [0.15, 0.2) is 0 Å². The number of unbranched alkanes of at least 4 members (excludes halogenated alkanes) is 4. The molecule has 4 amide bonds. The minimum absolute atomic E-state index is 0.121. The molecule has 3 heterocycles. The van der Waals surface area contributed by atoms with Crippen molar-refractivity contribution in [2.75, 3.05) is 51.2 Å². The minimum atomic E-state index is -0.930. The number of anilines is 1. The third kappa shape index (κ3) is 5.31. The number of hydrogen-bond acceptors (Lipinski definition) is 7. The summed E-state index contributed by atoms with van der Waals surface area (Å²) in [5.74, 6) is -1.87. The fraction of sp³-hybridized carbons (Fsp3) is 0.600. The van der Waals surface area contributed by atoms with Crippen molar-refractivity contribution < 1.29 is 19.2 Å². The summed E-state index contributed by atoms with van der Waals surface area (Å²) in [5.41, 5.74) is 1.59. The van der Waals surface area contributed by atoms with Gasteiger partial charge in [-0.25, -0.2) is 0 Å². The lowest BCUT2D eigenvalue weighted by molar-refractivity contribution is -0.136. The van der Waals surface area contributed by atoms with E-state index < -0.39 is 23.8 Å². The highest BCUT2D eigenvalue weighted by Crippen LogP contribution is 2.31. The highest BCUT2D eigenvalue weighted by atomic mass is 16.2. The number of amides is 4. The van der Waals surface area contributed by atoms with Crippen molar-refractivity contribution in [3.05, 3.63) is 29.3 Å². The Morgan fingerprint density at radius 3 is 2.35 bits per heavy atom. The first-order valence-corrected chi connectivity index (χ1v) is 12.5. The average molecular weight is 470 g/mol. The van der Waals surface area contributed by atoms with Crippen LogP contribution in [-0.4, -0.2) is 85.8 Å². The van der Waals surface area contributed by atoms with Crippen LogP contribution in [0.5, 0.6) is 0 Å². The van der Waals surface area contributed by atoms with Gasteiger partial charge in [0.2, 0.25) is 11.8 Å². The molecule has 0 spiro atoms. The van der Waals surface area contributed by atoms with Crippen LogP contribution in [-0.2, 0) is 9.59 Å². The molecule has 1 unspecified atom stereocenters. The number of carbonyl (C=O) groups excluding carboxylic acids is 4. The summed E-state index contributed by atoms with van der Waals surface area (Å²) in [6.45, 7) is 5.93. The lowest BCUT2D eigenvalue weighted by Gasteiger charge is -2.36. The topological polar surface area (TPSA) is 102 Å². The van der Waals surface area contributed by atoms with Gasteiger partial charge in [-0.05, 0) is 57.6 Å². The number of rotatable bonds is 10. The van der Waals surface area contributed by atoms with Gasteiger partial charge in [0, 0.05) is 38.3 Å². The Morgan fingerprint density at radius 1 is 0.912 bits per heavy atom. The predicted octanol–water partition coefficient (Wildman–Crippen LogP) is 1.38. The molecule has 184 valence electrons. The molecular formula is C25H35N5O4. The molecule has 1 aromatic rings. The lowest BCUT2D eigenvalue weighted by atomic mass is 10.0. The third-order valence-corrected chi connectivity index (χ3v) is 7.06. The first-order valence-electron chi connectivity index (χ1n) is 12.5. The SMILES string of the molecule is CNCCCCCCCN1CCN(c2ccc3c(c2)C(=O)N(C2CCC(=O)NC2=O)C3=O)CC1. The van der Waals surface area contributed by atoms with Gasteiger partial charge in [-0.3, -0.25) is 34.3 Å². The van der Waals surface area contributed by atoms with Gasteiger partial charge in [0.05, 0.1) is 11.1 Å². The highest BCUT2D eigenvalue weighted by Gasteiger charge is 2.44. The number of fused-ring (bicyclic) bond motifs is 1. The van der Waals surface area contributed by atoms with E-state index in [-0.39, 0.29) is 18.7 Å². The molecule has 9 heteroatoms. The van der Waals surface area contributed by atoms with Gasteiger partial charge in [0.1, 0.15) is 6.04 Å². The number of benzene rings is 1. The Kier molecular flexibility index (Phi) is 7.95. The van der Waals surface area contributed by atoms with Gasteiger partial charge in [-0.2, -0.15) is 0 Å². The van der Waals surface area contributed by atoms with E-state index in [0.29, 0.717) is 11.1 Å². The van der Waals surface area contributed by atoms with Gasteiger partial charge in [0.25, 0.3) is 11.8 Å². The number of piperidine rings is 1. The Balaban J connectivity index is 1.30. The van der Waals surface area contributed by atoms with E-state index in [2.05, 4.69) is 20.4 Å². The summed E-state index contributed by atoms with van der Waals surface area (Å²) in [6, 6.07) is 4.43. The molecule has 3 aliphatic heterocycles. The van der Waals surface area contributed by atoms with Crippen LogP contribution in [0.2, 0.25) is 0 Å². The standard InChI is InChI=1S/C25H35N5O4/c1-26-11-5-3-2-4-6-12-28-13-15-29(16-14-28)18-7-8-19-20(17-18)25(34)30(24(19)33)21-9-10-22(31)27-23(21)32/h7-8,17,21,26H,2-6,9-16H2,1H3,(H,27,31,32). The molecule has 0 aromatic heterocycles. The molecule has 2 saturated heterocycles. The second-order valence-corrected chi connectivity index (χ2v) is 9.38. The summed E-state index contributed by atoms with van der Waals surface area (Å²) in [7, 11) is 2.00. The second-order valence-electron chi connectivity index (χ2n) is 9.38. The molecule has 0 aliphatic carbocycles. The Hall–Kier alpha value is -2.78. The molecule has 9 nitrogen and oxygen atoms in total. The van der Waals surface area contributed by atoms with Crippen molar-refractivity contribution in [1.82, 2.24) is 20.4 Å². The zero-order chi connectivity index (χ0) is 24.1. The van der Waals surface area contributed by atoms with Gasteiger partial charge in [-0.15, -0.1) is 0 Å². The fourth-order valence-electron chi connectivity index (χ4n) is 5.05. The summed E-state index contributed by atoms with van der Waals surface area (Å²) in [5, 5.41) is 5.42. The van der Waals surface area contributed by atoms with Crippen molar-refractivity contribution in [1.29, 1.82) is 0 Å². The van der Waals surface area contributed by atoms with E-state index in [4.69, 9.17) is 0 Å². The maximum absolute atomic E-state index is 13.1. The van der Waals surface area contributed by atoms with Gasteiger partial charge in [-0.1, -0.05) is 19.3 Å². The van der Waals surface area contributed by atoms with Crippen LogP contribution >= 0.6 is 0 Å². The molecule has 2 N–H and O–H groups in total. The number of imide groups is 2. The van der Waals surface area contributed by atoms with Crippen molar-refractivity contribution in [2.45, 2.75) is 51.0 Å². The molecule has 2 fully saturated rings. The monoisotopic (exact) mass is 469 g/mol. The van der Waals surface area contributed by atoms with Gasteiger partial charge < -0.3 is 10.2 Å². The van der Waals surface area contributed by atoms with Crippen molar-refractivity contribution in [3.63, 3.8) is 0 Å². The Bertz CT molecular complexity index is 941. The molecule has 0 bridgehead atoms. The van der Waals surface area contributed by atoms with Crippen LogP contribution in [0.15, 0.2) is 18.2 Å². The zero-order valence-corrected chi connectivity index (χ0v) is 20.0. The molecule has 1 aromatic carbocycles. The van der Waals surface area contributed by atoms with Crippen LogP contribution in [0.1, 0.15) is 65.7 Å². The van der Waals surface area contributed by atoms with Crippen LogP contribution < -0.4 is 15.5 Å². The van der Waals surface area contributed by atoms with Crippen molar-refractivity contribution >= 4 is 29.3 Å². The summed E-state index contributed by atoms with van der Waals surface area (Å²) >= 11 is 0. The molecule has 3 aliphatic rings. The fourth-order valence-corrected chi connectivity index (χ4v) is 5.05. The Morgan fingerprint density at radius 2 is 1.62 bits per heavy atom. The number of hydrogen-bond donors (Lipinski definition) is 2. The zero-order valence-electron chi connectivity index (χ0n) is 20.0. The normalized spacial score (nSPS) is 21.3. The number of nitrogens with zero attached hydrogens (tertiary/aromatic N) is 3. The highest BCUT2D eigenvalue weighted by molar-refractivity contribution is 6.23. The first kappa shape index (κ1) is 24.3. The maximum atomic E-state index is 13.1. The summed E-state index contributed by atoms with van der Waals surface area (Å²) in [6.07, 6.45) is 6.61. The smallest absolute Gasteiger partial charge is 0.262 e.